The Bertz CT molecular complexity index is 854. The van der Waals surface area contributed by atoms with Crippen molar-refractivity contribution in [3.8, 4) is 17.2 Å². The summed E-state index contributed by atoms with van der Waals surface area (Å²) >= 11 is 0. The SMILES string of the molecule is CN=C(NCc1cc(OC)c(OC)c(OC)c1)NCC1CCN(CCc2ccccc2)C1.I. The van der Waals surface area contributed by atoms with Crippen LogP contribution in [0, 0.1) is 5.92 Å². The smallest absolute Gasteiger partial charge is 0.203 e. The first-order valence-electron chi connectivity index (χ1n) is 11.2. The molecule has 33 heavy (non-hydrogen) atoms. The molecule has 1 fully saturated rings. The number of ether oxygens (including phenoxy) is 3. The van der Waals surface area contributed by atoms with Crippen molar-refractivity contribution in [1.29, 1.82) is 0 Å². The van der Waals surface area contributed by atoms with Gasteiger partial charge in [-0.2, -0.15) is 0 Å². The number of methoxy groups -OCH3 is 3. The second-order valence-corrected chi connectivity index (χ2v) is 8.03. The Balaban J connectivity index is 0.00000385. The fraction of sp³-hybridized carbons (Fsp3) is 0.480. The highest BCUT2D eigenvalue weighted by atomic mass is 127. The van der Waals surface area contributed by atoms with Gasteiger partial charge in [0.15, 0.2) is 17.5 Å². The van der Waals surface area contributed by atoms with E-state index in [0.717, 1.165) is 44.1 Å². The Morgan fingerprint density at radius 1 is 1.00 bits per heavy atom. The second kappa shape index (κ2) is 14.1. The fourth-order valence-corrected chi connectivity index (χ4v) is 4.10. The molecule has 182 valence electrons. The van der Waals surface area contributed by atoms with E-state index in [9.17, 15) is 0 Å². The van der Waals surface area contributed by atoms with E-state index in [2.05, 4.69) is 50.9 Å². The van der Waals surface area contributed by atoms with Gasteiger partial charge >= 0.3 is 0 Å². The van der Waals surface area contributed by atoms with Gasteiger partial charge in [0.05, 0.1) is 21.3 Å². The zero-order valence-corrected chi connectivity index (χ0v) is 22.4. The molecule has 2 aromatic rings. The Morgan fingerprint density at radius 3 is 2.30 bits per heavy atom. The normalized spacial score (nSPS) is 16.1. The molecule has 2 N–H and O–H groups in total. The minimum absolute atomic E-state index is 0. The van der Waals surface area contributed by atoms with Crippen LogP contribution in [0.1, 0.15) is 17.5 Å². The standard InChI is InChI=1S/C25H36N4O3.HI/c1-26-25(28-17-21-14-22(30-2)24(32-4)23(15-21)31-3)27-16-20-11-13-29(18-20)12-10-19-8-6-5-7-9-19;/h5-9,14-15,20H,10-13,16-18H2,1-4H3,(H2,26,27,28);1H. The molecule has 1 unspecified atom stereocenters. The first kappa shape index (κ1) is 27.0. The first-order valence-corrected chi connectivity index (χ1v) is 11.2. The molecular weight excluding hydrogens is 531 g/mol. The third kappa shape index (κ3) is 7.96. The quantitative estimate of drug-likeness (QED) is 0.260. The lowest BCUT2D eigenvalue weighted by atomic mass is 10.1. The van der Waals surface area contributed by atoms with E-state index in [-0.39, 0.29) is 24.0 Å². The molecular formula is C25H37IN4O3. The van der Waals surface area contributed by atoms with Gasteiger partial charge in [-0.05, 0) is 48.6 Å². The van der Waals surface area contributed by atoms with Crippen LogP contribution in [0.4, 0.5) is 0 Å². The number of benzene rings is 2. The van der Waals surface area contributed by atoms with Crippen molar-refractivity contribution >= 4 is 29.9 Å². The summed E-state index contributed by atoms with van der Waals surface area (Å²) in [6, 6.07) is 14.6. The molecule has 0 amide bonds. The van der Waals surface area contributed by atoms with Crippen molar-refractivity contribution < 1.29 is 14.2 Å². The monoisotopic (exact) mass is 568 g/mol. The van der Waals surface area contributed by atoms with Crippen molar-refractivity contribution in [3.05, 3.63) is 53.6 Å². The summed E-state index contributed by atoms with van der Waals surface area (Å²) in [4.78, 5) is 6.93. The maximum atomic E-state index is 5.44. The number of nitrogens with zero attached hydrogens (tertiary/aromatic N) is 2. The van der Waals surface area contributed by atoms with Crippen LogP contribution >= 0.6 is 24.0 Å². The average molecular weight is 569 g/mol. The molecule has 3 rings (SSSR count). The molecule has 0 saturated carbocycles. The Morgan fingerprint density at radius 2 is 1.70 bits per heavy atom. The topological polar surface area (TPSA) is 67.4 Å². The predicted octanol–water partition coefficient (Wildman–Crippen LogP) is 3.56. The predicted molar refractivity (Wildman–Crippen MR) is 144 cm³/mol. The van der Waals surface area contributed by atoms with Crippen molar-refractivity contribution in [2.45, 2.75) is 19.4 Å². The summed E-state index contributed by atoms with van der Waals surface area (Å²) in [5.41, 5.74) is 2.43. The van der Waals surface area contributed by atoms with E-state index in [0.29, 0.717) is 29.7 Å². The van der Waals surface area contributed by atoms with E-state index >= 15 is 0 Å². The lowest BCUT2D eigenvalue weighted by Gasteiger charge is -2.18. The van der Waals surface area contributed by atoms with Gasteiger partial charge in [-0.3, -0.25) is 4.99 Å². The van der Waals surface area contributed by atoms with Gasteiger partial charge in [-0.25, -0.2) is 0 Å². The van der Waals surface area contributed by atoms with Gasteiger partial charge in [0.25, 0.3) is 0 Å². The summed E-state index contributed by atoms with van der Waals surface area (Å²) in [7, 11) is 6.65. The van der Waals surface area contributed by atoms with E-state index < -0.39 is 0 Å². The minimum atomic E-state index is 0. The second-order valence-electron chi connectivity index (χ2n) is 8.03. The van der Waals surface area contributed by atoms with Crippen LogP contribution < -0.4 is 24.8 Å². The number of hydrogen-bond acceptors (Lipinski definition) is 5. The van der Waals surface area contributed by atoms with E-state index in [1.165, 1.54) is 12.0 Å². The van der Waals surface area contributed by atoms with Crippen molar-refractivity contribution in [3.63, 3.8) is 0 Å². The highest BCUT2D eigenvalue weighted by Crippen LogP contribution is 2.38. The molecule has 1 aliphatic rings. The Hall–Kier alpha value is -2.20. The minimum Gasteiger partial charge on any atom is -0.493 e. The number of likely N-dealkylation sites (tertiary alicyclic amines) is 1. The zero-order chi connectivity index (χ0) is 22.8. The van der Waals surface area contributed by atoms with Crippen molar-refractivity contribution in [2.24, 2.45) is 10.9 Å². The summed E-state index contributed by atoms with van der Waals surface area (Å²) in [5.74, 6) is 3.31. The highest BCUT2D eigenvalue weighted by molar-refractivity contribution is 14.0. The molecule has 0 bridgehead atoms. The third-order valence-corrected chi connectivity index (χ3v) is 5.90. The van der Waals surface area contributed by atoms with Gasteiger partial charge in [0, 0.05) is 33.2 Å². The number of hydrogen-bond donors (Lipinski definition) is 2. The maximum absolute atomic E-state index is 5.44. The van der Waals surface area contributed by atoms with Gasteiger partial charge < -0.3 is 29.7 Å². The van der Waals surface area contributed by atoms with Gasteiger partial charge in [0.1, 0.15) is 0 Å². The number of rotatable bonds is 10. The van der Waals surface area contributed by atoms with Crippen LogP contribution in [0.25, 0.3) is 0 Å². The van der Waals surface area contributed by atoms with E-state index in [1.807, 2.05) is 12.1 Å². The van der Waals surface area contributed by atoms with E-state index in [1.54, 1.807) is 28.4 Å². The van der Waals surface area contributed by atoms with Crippen LogP contribution in [0.3, 0.4) is 0 Å². The molecule has 0 spiro atoms. The van der Waals surface area contributed by atoms with Gasteiger partial charge in [-0.15, -0.1) is 24.0 Å². The molecule has 0 aliphatic carbocycles. The maximum Gasteiger partial charge on any atom is 0.203 e. The molecule has 1 heterocycles. The van der Waals surface area contributed by atoms with Crippen LogP contribution in [-0.2, 0) is 13.0 Å². The number of nitrogens with one attached hydrogen (secondary N) is 2. The lowest BCUT2D eigenvalue weighted by Crippen LogP contribution is -2.40. The van der Waals surface area contributed by atoms with Crippen LogP contribution in [0.2, 0.25) is 0 Å². The number of aliphatic imine (C=N–C) groups is 1. The zero-order valence-electron chi connectivity index (χ0n) is 20.1. The van der Waals surface area contributed by atoms with Gasteiger partial charge in [-0.1, -0.05) is 30.3 Å². The lowest BCUT2D eigenvalue weighted by molar-refractivity contribution is 0.323. The molecule has 0 aromatic heterocycles. The average Bonchev–Trinajstić information content (AvgIpc) is 3.30. The van der Waals surface area contributed by atoms with E-state index in [4.69, 9.17) is 14.2 Å². The fourth-order valence-electron chi connectivity index (χ4n) is 4.10. The van der Waals surface area contributed by atoms with Crippen LogP contribution in [0.5, 0.6) is 17.2 Å². The van der Waals surface area contributed by atoms with Gasteiger partial charge in [0.2, 0.25) is 5.75 Å². The molecule has 1 atom stereocenters. The number of halogens is 1. The van der Waals surface area contributed by atoms with Crippen LogP contribution in [-0.4, -0.2) is 65.4 Å². The summed E-state index contributed by atoms with van der Waals surface area (Å²) in [6.07, 6.45) is 2.32. The highest BCUT2D eigenvalue weighted by Gasteiger charge is 2.22. The molecule has 0 radical (unpaired) electrons. The molecule has 7 nitrogen and oxygen atoms in total. The Labute approximate surface area is 214 Å². The summed E-state index contributed by atoms with van der Waals surface area (Å²) in [5, 5.41) is 6.86. The molecule has 2 aromatic carbocycles. The summed E-state index contributed by atoms with van der Waals surface area (Å²) in [6.45, 7) is 4.93. The van der Waals surface area contributed by atoms with Crippen molar-refractivity contribution in [2.75, 3.05) is 54.6 Å². The van der Waals surface area contributed by atoms with Crippen LogP contribution in [0.15, 0.2) is 47.5 Å². The summed E-state index contributed by atoms with van der Waals surface area (Å²) < 4.78 is 16.3. The molecule has 1 saturated heterocycles. The third-order valence-electron chi connectivity index (χ3n) is 5.90. The Kier molecular flexibility index (Phi) is 11.6. The number of guanidine groups is 1. The molecule has 8 heteroatoms. The first-order chi connectivity index (χ1) is 15.7. The molecule has 1 aliphatic heterocycles. The van der Waals surface area contributed by atoms with Crippen molar-refractivity contribution in [1.82, 2.24) is 15.5 Å². The largest absolute Gasteiger partial charge is 0.493 e.